The predicted molar refractivity (Wildman–Crippen MR) is 153 cm³/mol. The molecule has 0 aliphatic carbocycles. The number of aliphatic hydroxyl groups excluding tert-OH is 1. The molecule has 3 rings (SSSR count). The van der Waals surface area contributed by atoms with Gasteiger partial charge in [0, 0.05) is 50.3 Å². The minimum absolute atomic E-state index is 0. The topological polar surface area (TPSA) is 110 Å². The van der Waals surface area contributed by atoms with Crippen LogP contribution in [0, 0.1) is 10.8 Å². The second-order valence-corrected chi connectivity index (χ2v) is 7.99. The minimum Gasteiger partial charge on any atom is -0.490 e. The van der Waals surface area contributed by atoms with Crippen molar-refractivity contribution in [3.63, 3.8) is 0 Å². The summed E-state index contributed by atoms with van der Waals surface area (Å²) in [6, 6.07) is 15.6. The number of nitrogens with one attached hydrogen (secondary N) is 2. The molecule has 1 aliphatic rings. The summed E-state index contributed by atoms with van der Waals surface area (Å²) in [5, 5.41) is 24.8. The Hall–Kier alpha value is -2.45. The van der Waals surface area contributed by atoms with Gasteiger partial charge in [0.2, 0.25) is 0 Å². The van der Waals surface area contributed by atoms with E-state index < -0.39 is 0 Å². The second-order valence-electron chi connectivity index (χ2n) is 7.99. The highest BCUT2D eigenvalue weighted by Gasteiger charge is 2.20. The quantitative estimate of drug-likeness (QED) is 0.273. The molecule has 5 N–H and O–H groups in total. The van der Waals surface area contributed by atoms with Crippen molar-refractivity contribution in [2.45, 2.75) is 25.9 Å². The van der Waals surface area contributed by atoms with Gasteiger partial charge in [0.25, 0.3) is 0 Å². The van der Waals surface area contributed by atoms with Crippen LogP contribution >= 0.6 is 37.2 Å². The molecular formula is C25H36Cl3N5O2. The molecule has 1 saturated heterocycles. The normalized spacial score (nSPS) is 13.3. The van der Waals surface area contributed by atoms with E-state index in [-0.39, 0.29) is 55.8 Å². The number of ether oxygens (including phenoxy) is 1. The van der Waals surface area contributed by atoms with E-state index in [2.05, 4.69) is 9.80 Å². The third kappa shape index (κ3) is 9.98. The molecule has 0 saturated carbocycles. The Kier molecular flexibility index (Phi) is 15.1. The number of nitrogens with zero attached hydrogens (tertiary/aromatic N) is 2. The number of aliphatic hydroxyl groups is 1. The van der Waals surface area contributed by atoms with Gasteiger partial charge in [-0.3, -0.25) is 10.8 Å². The lowest BCUT2D eigenvalue weighted by atomic mass is 10.1. The van der Waals surface area contributed by atoms with Crippen LogP contribution in [0.2, 0.25) is 0 Å². The lowest BCUT2D eigenvalue weighted by molar-refractivity contribution is 0.130. The molecule has 0 spiro atoms. The van der Waals surface area contributed by atoms with Gasteiger partial charge in [-0.15, -0.1) is 37.2 Å². The highest BCUT2D eigenvalue weighted by atomic mass is 35.5. The number of piperidine rings is 1. The lowest BCUT2D eigenvalue weighted by Gasteiger charge is -2.33. The van der Waals surface area contributed by atoms with E-state index in [1.165, 1.54) is 0 Å². The molecule has 7 nitrogen and oxygen atoms in total. The molecule has 35 heavy (non-hydrogen) atoms. The number of anilines is 1. The Morgan fingerprint density at radius 2 is 1.77 bits per heavy atom. The Labute approximate surface area is 226 Å². The maximum atomic E-state index is 9.50. The number of hydrogen-bond acceptors (Lipinski definition) is 5. The van der Waals surface area contributed by atoms with Crippen LogP contribution in [0.1, 0.15) is 30.9 Å². The van der Waals surface area contributed by atoms with E-state index in [1.807, 2.05) is 67.6 Å². The Balaban J connectivity index is 0.00000385. The lowest BCUT2D eigenvalue weighted by Crippen LogP contribution is -2.40. The number of halogens is 3. The number of likely N-dealkylation sites (tertiary alicyclic amines) is 1. The first-order valence-corrected chi connectivity index (χ1v) is 11.0. The van der Waals surface area contributed by atoms with Crippen molar-refractivity contribution in [2.75, 3.05) is 37.7 Å². The standard InChI is InChI=1S/C25H33N5O2.3ClH/c1-19(26)29-14-11-24(12-15-29)32-23-9-7-22(8-10-23)30(16-17-31)13-3-5-20-4-2-6-21(18-20)25(27)28;;;/h2-10,18,24,26,31H,11-17H2,1H3,(H3,27,28);3*1H/b5-3+,26-19?;;;. The molecule has 194 valence electrons. The van der Waals surface area contributed by atoms with Gasteiger partial charge in [0.15, 0.2) is 0 Å². The molecule has 0 radical (unpaired) electrons. The average Bonchev–Trinajstić information content (AvgIpc) is 2.79. The molecule has 0 amide bonds. The fraction of sp³-hybridized carbons (Fsp3) is 0.360. The SMILES string of the molecule is CC(=N)N1CCC(Oc2ccc(N(C/C=C/c3cccc(C(=N)N)c3)CCO)cc2)CC1.Cl.Cl.Cl. The van der Waals surface area contributed by atoms with E-state index in [4.69, 9.17) is 21.3 Å². The zero-order chi connectivity index (χ0) is 22.9. The first-order chi connectivity index (χ1) is 15.5. The van der Waals surface area contributed by atoms with Crippen LogP contribution in [0.25, 0.3) is 6.08 Å². The van der Waals surface area contributed by atoms with Crippen LogP contribution in [0.3, 0.4) is 0 Å². The van der Waals surface area contributed by atoms with Crippen molar-refractivity contribution in [1.29, 1.82) is 10.8 Å². The van der Waals surface area contributed by atoms with Gasteiger partial charge in [-0.25, -0.2) is 0 Å². The van der Waals surface area contributed by atoms with Crippen LogP contribution in [0.5, 0.6) is 5.75 Å². The fourth-order valence-corrected chi connectivity index (χ4v) is 3.81. The third-order valence-electron chi connectivity index (χ3n) is 5.62. The van der Waals surface area contributed by atoms with Crippen LogP contribution in [0.15, 0.2) is 54.6 Å². The fourth-order valence-electron chi connectivity index (χ4n) is 3.81. The van der Waals surface area contributed by atoms with Gasteiger partial charge in [0.1, 0.15) is 17.7 Å². The third-order valence-corrected chi connectivity index (χ3v) is 5.62. The Morgan fingerprint density at radius 3 is 2.34 bits per heavy atom. The minimum atomic E-state index is 0. The van der Waals surface area contributed by atoms with Gasteiger partial charge in [0.05, 0.1) is 12.4 Å². The van der Waals surface area contributed by atoms with Crippen molar-refractivity contribution < 1.29 is 9.84 Å². The van der Waals surface area contributed by atoms with Crippen LogP contribution < -0.4 is 15.4 Å². The van der Waals surface area contributed by atoms with Gasteiger partial charge in [-0.1, -0.05) is 30.4 Å². The maximum Gasteiger partial charge on any atom is 0.122 e. The molecule has 0 atom stereocenters. The number of rotatable bonds is 9. The summed E-state index contributed by atoms with van der Waals surface area (Å²) in [7, 11) is 0. The first-order valence-electron chi connectivity index (χ1n) is 11.0. The number of benzene rings is 2. The van der Waals surface area contributed by atoms with Crippen molar-refractivity contribution in [3.8, 4) is 5.75 Å². The van der Waals surface area contributed by atoms with Gasteiger partial charge in [-0.05, 0) is 42.8 Å². The largest absolute Gasteiger partial charge is 0.490 e. The van der Waals surface area contributed by atoms with Crippen molar-refractivity contribution in [1.82, 2.24) is 4.90 Å². The number of nitrogens with two attached hydrogens (primary N) is 1. The maximum absolute atomic E-state index is 9.50. The molecule has 10 heteroatoms. The second kappa shape index (κ2) is 16.3. The summed E-state index contributed by atoms with van der Waals surface area (Å²) in [6.45, 7) is 4.80. The summed E-state index contributed by atoms with van der Waals surface area (Å²) in [4.78, 5) is 4.18. The van der Waals surface area contributed by atoms with E-state index in [9.17, 15) is 5.11 Å². The molecule has 0 aromatic heterocycles. The number of amidine groups is 2. The first kappa shape index (κ1) is 32.5. The van der Waals surface area contributed by atoms with Crippen molar-refractivity contribution >= 4 is 60.7 Å². The molecular weight excluding hydrogens is 509 g/mol. The summed E-state index contributed by atoms with van der Waals surface area (Å²) < 4.78 is 6.14. The summed E-state index contributed by atoms with van der Waals surface area (Å²) >= 11 is 0. The highest BCUT2D eigenvalue weighted by Crippen LogP contribution is 2.23. The number of nitrogen functional groups attached to an aromatic ring is 1. The summed E-state index contributed by atoms with van der Waals surface area (Å²) in [5.74, 6) is 1.52. The number of hydrogen-bond donors (Lipinski definition) is 4. The zero-order valence-electron chi connectivity index (χ0n) is 19.9. The van der Waals surface area contributed by atoms with Gasteiger partial charge < -0.3 is 25.4 Å². The summed E-state index contributed by atoms with van der Waals surface area (Å²) in [5.41, 5.74) is 8.27. The predicted octanol–water partition coefficient (Wildman–Crippen LogP) is 4.59. The molecule has 1 fully saturated rings. The monoisotopic (exact) mass is 543 g/mol. The molecule has 1 aliphatic heterocycles. The van der Waals surface area contributed by atoms with E-state index in [0.717, 1.165) is 42.9 Å². The van der Waals surface area contributed by atoms with Crippen LogP contribution in [-0.2, 0) is 0 Å². The van der Waals surface area contributed by atoms with Crippen molar-refractivity contribution in [2.24, 2.45) is 5.73 Å². The molecule has 0 bridgehead atoms. The van der Waals surface area contributed by atoms with E-state index >= 15 is 0 Å². The zero-order valence-corrected chi connectivity index (χ0v) is 22.3. The molecule has 1 heterocycles. The average molecular weight is 545 g/mol. The van der Waals surface area contributed by atoms with Gasteiger partial charge >= 0.3 is 0 Å². The summed E-state index contributed by atoms with van der Waals surface area (Å²) in [6.07, 6.45) is 6.06. The molecule has 2 aromatic rings. The van der Waals surface area contributed by atoms with Crippen LogP contribution in [-0.4, -0.2) is 60.6 Å². The van der Waals surface area contributed by atoms with Crippen molar-refractivity contribution in [3.05, 3.63) is 65.7 Å². The van der Waals surface area contributed by atoms with E-state index in [0.29, 0.717) is 24.5 Å². The molecule has 2 aromatic carbocycles. The Morgan fingerprint density at radius 1 is 1.11 bits per heavy atom. The van der Waals surface area contributed by atoms with E-state index in [1.54, 1.807) is 0 Å². The Bertz CT molecular complexity index is 948. The highest BCUT2D eigenvalue weighted by molar-refractivity contribution is 5.95. The van der Waals surface area contributed by atoms with Crippen LogP contribution in [0.4, 0.5) is 5.69 Å². The van der Waals surface area contributed by atoms with Gasteiger partial charge in [-0.2, -0.15) is 0 Å². The smallest absolute Gasteiger partial charge is 0.122 e. The molecule has 0 unspecified atom stereocenters.